The van der Waals surface area contributed by atoms with Crippen LogP contribution in [0.1, 0.15) is 24.0 Å². The minimum absolute atomic E-state index is 0.192. The highest BCUT2D eigenvalue weighted by molar-refractivity contribution is 7.89. The summed E-state index contributed by atoms with van der Waals surface area (Å²) in [6.45, 7) is 2.21. The fourth-order valence-electron chi connectivity index (χ4n) is 3.10. The minimum atomic E-state index is -3.73. The Morgan fingerprint density at radius 1 is 1.25 bits per heavy atom. The summed E-state index contributed by atoms with van der Waals surface area (Å²) in [5.74, 6) is 0.244. The van der Waals surface area contributed by atoms with E-state index in [-0.39, 0.29) is 4.90 Å². The average molecular weight is 401 g/mol. The molecule has 0 aliphatic carbocycles. The molecule has 8 heteroatoms. The molecule has 1 saturated heterocycles. The van der Waals surface area contributed by atoms with Crippen LogP contribution < -0.4 is 10.2 Å². The molecule has 2 aromatic rings. The zero-order valence-electron chi connectivity index (χ0n) is 15.8. The number of sulfonamides is 1. The van der Waals surface area contributed by atoms with Crippen LogP contribution in [0.5, 0.6) is 5.75 Å². The maximum Gasteiger partial charge on any atom is 0.258 e. The van der Waals surface area contributed by atoms with E-state index in [0.29, 0.717) is 25.1 Å². The molecule has 1 amide bonds. The van der Waals surface area contributed by atoms with E-state index in [4.69, 9.17) is 4.74 Å². The highest BCUT2D eigenvalue weighted by Crippen LogP contribution is 2.26. The summed E-state index contributed by atoms with van der Waals surface area (Å²) in [6, 6.07) is 13.1. The molecule has 1 N–H and O–H groups in total. The van der Waals surface area contributed by atoms with Crippen LogP contribution in [0, 0.1) is 6.92 Å². The number of ether oxygens (including phenoxy) is 1. The average Bonchev–Trinajstić information content (AvgIpc) is 3.19. The molecule has 1 aliphatic rings. The summed E-state index contributed by atoms with van der Waals surface area (Å²) in [4.78, 5) is 12.7. The first-order valence-corrected chi connectivity index (χ1v) is 10.4. The lowest BCUT2D eigenvalue weighted by Gasteiger charge is -2.22. The lowest BCUT2D eigenvalue weighted by molar-refractivity contribution is -0.124. The molecule has 2 aromatic carbocycles. The predicted molar refractivity (Wildman–Crippen MR) is 107 cm³/mol. The molecule has 28 heavy (non-hydrogen) atoms. The Kier molecular flexibility index (Phi) is 6.11. The lowest BCUT2D eigenvalue weighted by Crippen LogP contribution is -2.44. The van der Waals surface area contributed by atoms with Crippen molar-refractivity contribution in [3.8, 4) is 5.75 Å². The van der Waals surface area contributed by atoms with E-state index in [1.165, 1.54) is 10.5 Å². The topological polar surface area (TPSA) is 88.1 Å². The van der Waals surface area contributed by atoms with Gasteiger partial charge in [0.1, 0.15) is 11.8 Å². The van der Waals surface area contributed by atoms with Gasteiger partial charge in [0.2, 0.25) is 10.0 Å². The number of methoxy groups -OCH3 is 1. The zero-order chi connectivity index (χ0) is 20.1. The Morgan fingerprint density at radius 3 is 2.71 bits per heavy atom. The summed E-state index contributed by atoms with van der Waals surface area (Å²) in [5, 5.41) is 3.96. The first kappa shape index (κ1) is 20.0. The van der Waals surface area contributed by atoms with Crippen molar-refractivity contribution in [3.63, 3.8) is 0 Å². The summed E-state index contributed by atoms with van der Waals surface area (Å²) < 4.78 is 32.2. The quantitative estimate of drug-likeness (QED) is 0.594. The third-order valence-corrected chi connectivity index (χ3v) is 6.54. The Morgan fingerprint density at radius 2 is 2.00 bits per heavy atom. The van der Waals surface area contributed by atoms with E-state index < -0.39 is 22.0 Å². The standard InChI is InChI=1S/C20H23N3O4S/c1-15-8-10-18(11-9-15)28(25,26)23-12-4-7-19(23)20(24)22-21-14-16-5-3-6-17(13-16)27-2/h3,5-6,8-11,13-14,19H,4,7,12H2,1-2H3,(H,22,24)/b21-14-/t19-/m1/s1. The van der Waals surface area contributed by atoms with Gasteiger partial charge in [-0.05, 0) is 49.6 Å². The van der Waals surface area contributed by atoms with Crippen LogP contribution in [-0.2, 0) is 14.8 Å². The van der Waals surface area contributed by atoms with Gasteiger partial charge in [0.05, 0.1) is 18.2 Å². The molecule has 1 heterocycles. The molecule has 0 spiro atoms. The Bertz CT molecular complexity index is 971. The van der Waals surface area contributed by atoms with Gasteiger partial charge >= 0.3 is 0 Å². The zero-order valence-corrected chi connectivity index (χ0v) is 16.6. The van der Waals surface area contributed by atoms with Crippen LogP contribution in [0.15, 0.2) is 58.5 Å². The molecule has 0 unspecified atom stereocenters. The number of hydrazone groups is 1. The van der Waals surface area contributed by atoms with Crippen molar-refractivity contribution < 1.29 is 17.9 Å². The first-order valence-electron chi connectivity index (χ1n) is 8.97. The van der Waals surface area contributed by atoms with E-state index in [1.54, 1.807) is 37.4 Å². The second kappa shape index (κ2) is 8.53. The fraction of sp³-hybridized carbons (Fsp3) is 0.300. The van der Waals surface area contributed by atoms with Crippen molar-refractivity contribution in [2.24, 2.45) is 5.10 Å². The number of amides is 1. The van der Waals surface area contributed by atoms with Crippen LogP contribution in [0.3, 0.4) is 0 Å². The number of carbonyl (C=O) groups excluding carboxylic acids is 1. The van der Waals surface area contributed by atoms with Crippen molar-refractivity contribution in [2.45, 2.75) is 30.7 Å². The van der Waals surface area contributed by atoms with Crippen LogP contribution in [-0.4, -0.2) is 44.5 Å². The van der Waals surface area contributed by atoms with E-state index in [0.717, 1.165) is 11.1 Å². The summed E-state index contributed by atoms with van der Waals surface area (Å²) >= 11 is 0. The first-order chi connectivity index (χ1) is 13.4. The third-order valence-electron chi connectivity index (χ3n) is 4.62. The highest BCUT2D eigenvalue weighted by Gasteiger charge is 2.39. The molecule has 1 aliphatic heterocycles. The second-order valence-corrected chi connectivity index (χ2v) is 8.49. The maximum absolute atomic E-state index is 12.9. The van der Waals surface area contributed by atoms with Gasteiger partial charge in [0.25, 0.3) is 5.91 Å². The van der Waals surface area contributed by atoms with Crippen molar-refractivity contribution >= 4 is 22.1 Å². The van der Waals surface area contributed by atoms with Crippen molar-refractivity contribution in [1.82, 2.24) is 9.73 Å². The van der Waals surface area contributed by atoms with Gasteiger partial charge in [0, 0.05) is 6.54 Å². The Labute approximate surface area is 165 Å². The number of nitrogens with one attached hydrogen (secondary N) is 1. The molecule has 0 saturated carbocycles. The number of hydrogen-bond donors (Lipinski definition) is 1. The van der Waals surface area contributed by atoms with Crippen LogP contribution in [0.4, 0.5) is 0 Å². The van der Waals surface area contributed by atoms with Gasteiger partial charge in [0.15, 0.2) is 0 Å². The molecule has 0 radical (unpaired) electrons. The monoisotopic (exact) mass is 401 g/mol. The van der Waals surface area contributed by atoms with Crippen molar-refractivity contribution in [1.29, 1.82) is 0 Å². The normalized spacial score (nSPS) is 17.7. The third kappa shape index (κ3) is 4.40. The SMILES string of the molecule is COc1cccc(/C=N\NC(=O)[C@H]2CCCN2S(=O)(=O)c2ccc(C)cc2)c1. The van der Waals surface area contributed by atoms with Gasteiger partial charge < -0.3 is 4.74 Å². The number of rotatable bonds is 6. The largest absolute Gasteiger partial charge is 0.497 e. The number of hydrogen-bond acceptors (Lipinski definition) is 5. The van der Waals surface area contributed by atoms with Gasteiger partial charge in [-0.1, -0.05) is 29.8 Å². The molecule has 1 atom stereocenters. The van der Waals surface area contributed by atoms with Crippen LogP contribution >= 0.6 is 0 Å². The van der Waals surface area contributed by atoms with E-state index >= 15 is 0 Å². The highest BCUT2D eigenvalue weighted by atomic mass is 32.2. The lowest BCUT2D eigenvalue weighted by atomic mass is 10.2. The molecule has 7 nitrogen and oxygen atoms in total. The van der Waals surface area contributed by atoms with Gasteiger partial charge in [-0.3, -0.25) is 4.79 Å². The predicted octanol–water partition coefficient (Wildman–Crippen LogP) is 2.31. The van der Waals surface area contributed by atoms with Crippen molar-refractivity contribution in [2.75, 3.05) is 13.7 Å². The van der Waals surface area contributed by atoms with Gasteiger partial charge in [-0.25, -0.2) is 13.8 Å². The number of nitrogens with zero attached hydrogens (tertiary/aromatic N) is 2. The van der Waals surface area contributed by atoms with Crippen LogP contribution in [0.2, 0.25) is 0 Å². The molecule has 148 valence electrons. The molecule has 3 rings (SSSR count). The van der Waals surface area contributed by atoms with Gasteiger partial charge in [-0.15, -0.1) is 0 Å². The molecule has 1 fully saturated rings. The Balaban J connectivity index is 1.70. The molecular weight excluding hydrogens is 378 g/mol. The second-order valence-electron chi connectivity index (χ2n) is 6.60. The van der Waals surface area contributed by atoms with E-state index in [1.807, 2.05) is 25.1 Å². The molecule has 0 aromatic heterocycles. The van der Waals surface area contributed by atoms with E-state index in [9.17, 15) is 13.2 Å². The Hall–Kier alpha value is -2.71. The number of aryl methyl sites for hydroxylation is 1. The summed E-state index contributed by atoms with van der Waals surface area (Å²) in [5.41, 5.74) is 4.19. The molecular formula is C20H23N3O4S. The van der Waals surface area contributed by atoms with E-state index in [2.05, 4.69) is 10.5 Å². The minimum Gasteiger partial charge on any atom is -0.497 e. The molecule has 0 bridgehead atoms. The fourth-order valence-corrected chi connectivity index (χ4v) is 4.76. The van der Waals surface area contributed by atoms with Gasteiger partial charge in [-0.2, -0.15) is 9.41 Å². The van der Waals surface area contributed by atoms with Crippen molar-refractivity contribution in [3.05, 3.63) is 59.7 Å². The summed E-state index contributed by atoms with van der Waals surface area (Å²) in [6.07, 6.45) is 2.59. The smallest absolute Gasteiger partial charge is 0.258 e. The summed E-state index contributed by atoms with van der Waals surface area (Å²) in [7, 11) is -2.16. The number of carbonyl (C=O) groups is 1. The van der Waals surface area contributed by atoms with Crippen LogP contribution in [0.25, 0.3) is 0 Å². The maximum atomic E-state index is 12.9. The number of benzene rings is 2.